The van der Waals surface area contributed by atoms with Crippen LogP contribution in [0.2, 0.25) is 0 Å². The molecular formula is C22H24N4O2. The molecule has 4 rings (SSSR count). The maximum atomic E-state index is 5.88. The highest BCUT2D eigenvalue weighted by molar-refractivity contribution is 5.66. The highest BCUT2D eigenvalue weighted by Gasteiger charge is 2.24. The summed E-state index contributed by atoms with van der Waals surface area (Å²) in [5.74, 6) is 2.05. The van der Waals surface area contributed by atoms with Crippen LogP contribution in [0.4, 0.5) is 0 Å². The lowest BCUT2D eigenvalue weighted by Crippen LogP contribution is -2.44. The molecular weight excluding hydrogens is 352 g/mol. The molecule has 28 heavy (non-hydrogen) atoms. The molecule has 1 fully saturated rings. The monoisotopic (exact) mass is 376 g/mol. The van der Waals surface area contributed by atoms with Crippen molar-refractivity contribution in [3.63, 3.8) is 0 Å². The number of nitrogens with zero attached hydrogens (tertiary/aromatic N) is 3. The van der Waals surface area contributed by atoms with Crippen molar-refractivity contribution in [2.24, 2.45) is 0 Å². The maximum absolute atomic E-state index is 5.88. The van der Waals surface area contributed by atoms with Gasteiger partial charge in [0, 0.05) is 25.7 Å². The fourth-order valence-corrected chi connectivity index (χ4v) is 3.16. The van der Waals surface area contributed by atoms with Crippen LogP contribution in [0.15, 0.2) is 59.1 Å². The maximum Gasteiger partial charge on any atom is 0.250 e. The van der Waals surface area contributed by atoms with E-state index in [4.69, 9.17) is 9.26 Å². The van der Waals surface area contributed by atoms with E-state index in [1.165, 1.54) is 0 Å². The Hall–Kier alpha value is -2.96. The summed E-state index contributed by atoms with van der Waals surface area (Å²) in [4.78, 5) is 6.76. The second kappa shape index (κ2) is 8.82. The van der Waals surface area contributed by atoms with Gasteiger partial charge in [-0.25, -0.2) is 0 Å². The molecule has 3 aromatic rings. The van der Waals surface area contributed by atoms with Crippen molar-refractivity contribution in [3.05, 3.63) is 77.4 Å². The summed E-state index contributed by atoms with van der Waals surface area (Å²) in [6, 6.07) is 18.2. The standard InChI is InChI=1S/C22H24N4O2/c1-26-13-12-23-15-20(26)22-24-21(28-25-22)11-10-17-8-5-9-19(14-17)27-16-18-6-3-2-4-7-18/h2-11,14,20,23H,12-13,15-16H2,1H3/b11-10+. The summed E-state index contributed by atoms with van der Waals surface area (Å²) < 4.78 is 11.3. The molecule has 2 aromatic carbocycles. The minimum atomic E-state index is 0.148. The van der Waals surface area contributed by atoms with Crippen LogP contribution < -0.4 is 10.1 Å². The number of aromatic nitrogens is 2. The molecule has 1 N–H and O–H groups in total. The molecule has 2 heterocycles. The average Bonchev–Trinajstić information content (AvgIpc) is 3.21. The Balaban J connectivity index is 1.39. The summed E-state index contributed by atoms with van der Waals surface area (Å²) in [7, 11) is 2.08. The van der Waals surface area contributed by atoms with Crippen molar-refractivity contribution in [3.8, 4) is 5.75 Å². The average molecular weight is 376 g/mol. The Morgan fingerprint density at radius 2 is 2.07 bits per heavy atom. The number of hydrogen-bond donors (Lipinski definition) is 1. The third-order valence-electron chi connectivity index (χ3n) is 4.79. The van der Waals surface area contributed by atoms with Crippen LogP contribution in [0.25, 0.3) is 12.2 Å². The Labute approximate surface area is 164 Å². The normalized spacial score (nSPS) is 17.8. The van der Waals surface area contributed by atoms with Crippen LogP contribution in [-0.4, -0.2) is 41.7 Å². The summed E-state index contributed by atoms with van der Waals surface area (Å²) >= 11 is 0. The highest BCUT2D eigenvalue weighted by atomic mass is 16.5. The number of nitrogens with one attached hydrogen (secondary N) is 1. The quantitative estimate of drug-likeness (QED) is 0.711. The molecule has 0 aliphatic carbocycles. The first-order chi connectivity index (χ1) is 13.8. The van der Waals surface area contributed by atoms with Crippen molar-refractivity contribution in [2.45, 2.75) is 12.6 Å². The lowest BCUT2D eigenvalue weighted by atomic mass is 10.2. The first kappa shape index (κ1) is 18.4. The van der Waals surface area contributed by atoms with Gasteiger partial charge in [-0.1, -0.05) is 47.6 Å². The first-order valence-corrected chi connectivity index (χ1v) is 9.47. The van der Waals surface area contributed by atoms with Gasteiger partial charge in [0.1, 0.15) is 12.4 Å². The number of hydrogen-bond acceptors (Lipinski definition) is 6. The molecule has 0 radical (unpaired) electrons. The van der Waals surface area contributed by atoms with Crippen LogP contribution in [0.3, 0.4) is 0 Å². The van der Waals surface area contributed by atoms with Gasteiger partial charge in [0.05, 0.1) is 6.04 Å². The minimum Gasteiger partial charge on any atom is -0.489 e. The highest BCUT2D eigenvalue weighted by Crippen LogP contribution is 2.20. The predicted octanol–water partition coefficient (Wildman–Crippen LogP) is 3.40. The molecule has 6 nitrogen and oxygen atoms in total. The van der Waals surface area contributed by atoms with Gasteiger partial charge in [-0.15, -0.1) is 0 Å². The van der Waals surface area contributed by atoms with Crippen LogP contribution in [0.1, 0.15) is 28.9 Å². The van der Waals surface area contributed by atoms with Gasteiger partial charge in [0.25, 0.3) is 5.89 Å². The second-order valence-electron chi connectivity index (χ2n) is 6.87. The van der Waals surface area contributed by atoms with Crippen molar-refractivity contribution in [1.82, 2.24) is 20.4 Å². The van der Waals surface area contributed by atoms with Gasteiger partial charge in [0.2, 0.25) is 0 Å². The molecule has 1 atom stereocenters. The molecule has 144 valence electrons. The summed E-state index contributed by atoms with van der Waals surface area (Å²) in [6.07, 6.45) is 3.79. The smallest absolute Gasteiger partial charge is 0.250 e. The van der Waals surface area contributed by atoms with Crippen LogP contribution >= 0.6 is 0 Å². The van der Waals surface area contributed by atoms with E-state index < -0.39 is 0 Å². The Bertz CT molecular complexity index is 923. The van der Waals surface area contributed by atoms with E-state index >= 15 is 0 Å². The van der Waals surface area contributed by atoms with Crippen molar-refractivity contribution in [2.75, 3.05) is 26.7 Å². The van der Waals surface area contributed by atoms with E-state index in [-0.39, 0.29) is 6.04 Å². The van der Waals surface area contributed by atoms with E-state index in [9.17, 15) is 0 Å². The number of ether oxygens (including phenoxy) is 1. The third-order valence-corrected chi connectivity index (χ3v) is 4.79. The minimum absolute atomic E-state index is 0.148. The molecule has 1 aromatic heterocycles. The summed E-state index contributed by atoms with van der Waals surface area (Å²) in [5, 5.41) is 7.50. The fraction of sp³-hybridized carbons (Fsp3) is 0.273. The van der Waals surface area contributed by atoms with Crippen LogP contribution in [-0.2, 0) is 6.61 Å². The molecule has 1 aliphatic heterocycles. The molecule has 1 unspecified atom stereocenters. The van der Waals surface area contributed by atoms with Crippen molar-refractivity contribution >= 4 is 12.2 Å². The molecule has 0 saturated carbocycles. The van der Waals surface area contributed by atoms with E-state index in [1.807, 2.05) is 54.6 Å². The SMILES string of the molecule is CN1CCNCC1c1noc(/C=C/c2cccc(OCc3ccccc3)c2)n1. The van der Waals surface area contributed by atoms with Crippen LogP contribution in [0, 0.1) is 0 Å². The van der Waals surface area contributed by atoms with Gasteiger partial charge in [-0.05, 0) is 36.4 Å². The van der Waals surface area contributed by atoms with Gasteiger partial charge in [-0.2, -0.15) is 4.98 Å². The molecule has 0 bridgehead atoms. The second-order valence-corrected chi connectivity index (χ2v) is 6.87. The summed E-state index contributed by atoms with van der Waals surface area (Å²) in [6.45, 7) is 3.34. The lowest BCUT2D eigenvalue weighted by molar-refractivity contribution is 0.190. The largest absolute Gasteiger partial charge is 0.489 e. The van der Waals surface area contributed by atoms with Gasteiger partial charge < -0.3 is 14.6 Å². The zero-order chi connectivity index (χ0) is 19.2. The van der Waals surface area contributed by atoms with Crippen LogP contribution in [0.5, 0.6) is 5.75 Å². The zero-order valence-electron chi connectivity index (χ0n) is 15.9. The Morgan fingerprint density at radius 1 is 1.18 bits per heavy atom. The van der Waals surface area contributed by atoms with E-state index in [2.05, 4.69) is 39.5 Å². The number of benzene rings is 2. The van der Waals surface area contributed by atoms with Crippen molar-refractivity contribution < 1.29 is 9.26 Å². The third kappa shape index (κ3) is 4.65. The number of likely N-dealkylation sites (N-methyl/N-ethyl adjacent to an activating group) is 1. The van der Waals surface area contributed by atoms with Gasteiger partial charge in [0.15, 0.2) is 5.82 Å². The van der Waals surface area contributed by atoms with Gasteiger partial charge in [-0.3, -0.25) is 4.90 Å². The zero-order valence-corrected chi connectivity index (χ0v) is 15.9. The molecule has 0 amide bonds. The first-order valence-electron chi connectivity index (χ1n) is 9.47. The number of piperazine rings is 1. The fourth-order valence-electron chi connectivity index (χ4n) is 3.16. The molecule has 1 aliphatic rings. The van der Waals surface area contributed by atoms with E-state index in [0.717, 1.165) is 36.5 Å². The van der Waals surface area contributed by atoms with Crippen molar-refractivity contribution in [1.29, 1.82) is 0 Å². The van der Waals surface area contributed by atoms with Gasteiger partial charge >= 0.3 is 0 Å². The predicted molar refractivity (Wildman–Crippen MR) is 109 cm³/mol. The topological polar surface area (TPSA) is 63.4 Å². The molecule has 1 saturated heterocycles. The number of rotatable bonds is 6. The Morgan fingerprint density at radius 3 is 2.93 bits per heavy atom. The lowest BCUT2D eigenvalue weighted by Gasteiger charge is -2.30. The van der Waals surface area contributed by atoms with E-state index in [1.54, 1.807) is 0 Å². The summed E-state index contributed by atoms with van der Waals surface area (Å²) in [5.41, 5.74) is 2.16. The Kier molecular flexibility index (Phi) is 5.80. The molecule has 6 heteroatoms. The molecule has 0 spiro atoms. The van der Waals surface area contributed by atoms with E-state index in [0.29, 0.717) is 18.3 Å².